The van der Waals surface area contributed by atoms with Crippen molar-refractivity contribution in [2.75, 3.05) is 0 Å². The summed E-state index contributed by atoms with van der Waals surface area (Å²) in [5.41, 5.74) is 4.68. The molecular formula is C32H41F. The Labute approximate surface area is 200 Å². The molecule has 0 bridgehead atoms. The molecule has 1 saturated carbocycles. The minimum Gasteiger partial charge on any atom is -0.206 e. The van der Waals surface area contributed by atoms with Gasteiger partial charge in [0.15, 0.2) is 0 Å². The van der Waals surface area contributed by atoms with Gasteiger partial charge < -0.3 is 0 Å². The van der Waals surface area contributed by atoms with E-state index in [1.54, 1.807) is 0 Å². The molecule has 1 heteroatoms. The molecule has 4 rings (SSSR count). The van der Waals surface area contributed by atoms with Gasteiger partial charge in [0.2, 0.25) is 0 Å². The van der Waals surface area contributed by atoms with Crippen LogP contribution in [0.2, 0.25) is 0 Å². The highest BCUT2D eigenvalue weighted by molar-refractivity contribution is 5.88. The molecular weight excluding hydrogens is 403 g/mol. The van der Waals surface area contributed by atoms with Gasteiger partial charge in [-0.1, -0.05) is 114 Å². The number of rotatable bonds is 10. The molecule has 0 saturated heterocycles. The zero-order valence-corrected chi connectivity index (χ0v) is 20.7. The quantitative estimate of drug-likeness (QED) is 0.273. The molecule has 0 heterocycles. The van der Waals surface area contributed by atoms with Crippen molar-refractivity contribution in [2.24, 2.45) is 11.8 Å². The van der Waals surface area contributed by atoms with Gasteiger partial charge in [-0.2, -0.15) is 0 Å². The summed E-state index contributed by atoms with van der Waals surface area (Å²) in [7, 11) is 0. The summed E-state index contributed by atoms with van der Waals surface area (Å²) in [6.45, 7) is 4.50. The number of fused-ring (bicyclic) bond motifs is 1. The molecule has 0 N–H and O–H groups in total. The lowest BCUT2D eigenvalue weighted by Gasteiger charge is -2.28. The molecule has 0 unspecified atom stereocenters. The molecule has 0 radical (unpaired) electrons. The van der Waals surface area contributed by atoms with Crippen LogP contribution in [-0.4, -0.2) is 0 Å². The third kappa shape index (κ3) is 6.25. The van der Waals surface area contributed by atoms with E-state index in [-0.39, 0.29) is 5.82 Å². The highest BCUT2D eigenvalue weighted by atomic mass is 19.1. The van der Waals surface area contributed by atoms with E-state index in [0.29, 0.717) is 0 Å². The van der Waals surface area contributed by atoms with Crippen LogP contribution in [0, 0.1) is 17.7 Å². The van der Waals surface area contributed by atoms with Crippen molar-refractivity contribution < 1.29 is 4.39 Å². The highest BCUT2D eigenvalue weighted by Gasteiger charge is 2.20. The topological polar surface area (TPSA) is 0 Å². The Morgan fingerprint density at radius 1 is 0.697 bits per heavy atom. The van der Waals surface area contributed by atoms with Crippen molar-refractivity contribution in [1.29, 1.82) is 0 Å². The summed E-state index contributed by atoms with van der Waals surface area (Å²) in [6, 6.07) is 19.3. The number of hydrogen-bond acceptors (Lipinski definition) is 0. The van der Waals surface area contributed by atoms with E-state index >= 15 is 0 Å². The Balaban J connectivity index is 1.37. The van der Waals surface area contributed by atoms with Gasteiger partial charge in [-0.3, -0.25) is 0 Å². The van der Waals surface area contributed by atoms with E-state index in [0.717, 1.165) is 53.9 Å². The molecule has 33 heavy (non-hydrogen) atoms. The first kappa shape index (κ1) is 24.0. The van der Waals surface area contributed by atoms with Crippen molar-refractivity contribution in [3.63, 3.8) is 0 Å². The van der Waals surface area contributed by atoms with Crippen LogP contribution in [0.3, 0.4) is 0 Å². The van der Waals surface area contributed by atoms with Gasteiger partial charge >= 0.3 is 0 Å². The third-order valence-corrected chi connectivity index (χ3v) is 7.88. The van der Waals surface area contributed by atoms with Gasteiger partial charge in [0.25, 0.3) is 0 Å². The Bertz CT molecular complexity index is 1010. The largest absolute Gasteiger partial charge is 0.206 e. The van der Waals surface area contributed by atoms with Crippen LogP contribution in [0.5, 0.6) is 0 Å². The lowest BCUT2D eigenvalue weighted by Crippen LogP contribution is -2.15. The van der Waals surface area contributed by atoms with E-state index in [2.05, 4.69) is 56.3 Å². The fourth-order valence-corrected chi connectivity index (χ4v) is 5.73. The second kappa shape index (κ2) is 11.8. The summed E-state index contributed by atoms with van der Waals surface area (Å²) in [4.78, 5) is 0. The van der Waals surface area contributed by atoms with Crippen LogP contribution in [0.1, 0.15) is 89.2 Å². The summed E-state index contributed by atoms with van der Waals surface area (Å²) in [5, 5.41) is 1.74. The average Bonchev–Trinajstić information content (AvgIpc) is 2.85. The van der Waals surface area contributed by atoms with Crippen molar-refractivity contribution >= 4 is 10.8 Å². The zero-order valence-electron chi connectivity index (χ0n) is 20.7. The van der Waals surface area contributed by atoms with Crippen LogP contribution in [0.25, 0.3) is 21.9 Å². The minimum absolute atomic E-state index is 0.0331. The Hall–Kier alpha value is -2.15. The molecule has 0 aromatic heterocycles. The number of benzene rings is 3. The minimum atomic E-state index is -0.0331. The van der Waals surface area contributed by atoms with Gasteiger partial charge in [0.05, 0.1) is 0 Å². The van der Waals surface area contributed by atoms with Crippen LogP contribution >= 0.6 is 0 Å². The standard InChI is InChI=1S/C32H41F/c1-3-5-6-8-28-19-20-30-23-29(21-22-31(30)32(28)33)27-17-15-26(16-18-27)14-13-25-11-9-24(7-4-2)10-12-25/h15-25H,3-14H2,1-2H3. The Morgan fingerprint density at radius 2 is 1.39 bits per heavy atom. The van der Waals surface area contributed by atoms with Crippen LogP contribution in [0.15, 0.2) is 54.6 Å². The monoisotopic (exact) mass is 444 g/mol. The van der Waals surface area contributed by atoms with Crippen molar-refractivity contribution in [3.05, 3.63) is 71.5 Å². The zero-order chi connectivity index (χ0) is 23.0. The molecule has 176 valence electrons. The highest BCUT2D eigenvalue weighted by Crippen LogP contribution is 2.34. The molecule has 3 aromatic rings. The number of aryl methyl sites for hydroxylation is 2. The summed E-state index contributed by atoms with van der Waals surface area (Å²) < 4.78 is 15.0. The molecule has 3 aromatic carbocycles. The Morgan fingerprint density at radius 3 is 2.09 bits per heavy atom. The second-order valence-electron chi connectivity index (χ2n) is 10.3. The molecule has 0 spiro atoms. The van der Waals surface area contributed by atoms with E-state index in [1.165, 1.54) is 68.1 Å². The SMILES string of the molecule is CCCCCc1ccc2cc(-c3ccc(CCC4CCC(CCC)CC4)cc3)ccc2c1F. The maximum absolute atomic E-state index is 15.0. The van der Waals surface area contributed by atoms with E-state index < -0.39 is 0 Å². The molecule has 0 atom stereocenters. The predicted octanol–water partition coefficient (Wildman–Crippen LogP) is 9.92. The van der Waals surface area contributed by atoms with Crippen molar-refractivity contribution in [3.8, 4) is 11.1 Å². The van der Waals surface area contributed by atoms with Gasteiger partial charge in [-0.25, -0.2) is 4.39 Å². The van der Waals surface area contributed by atoms with E-state index in [9.17, 15) is 4.39 Å². The van der Waals surface area contributed by atoms with Crippen molar-refractivity contribution in [2.45, 2.75) is 90.9 Å². The van der Waals surface area contributed by atoms with E-state index in [1.807, 2.05) is 12.1 Å². The first-order valence-corrected chi connectivity index (χ1v) is 13.5. The number of hydrogen-bond donors (Lipinski definition) is 0. The van der Waals surface area contributed by atoms with Crippen molar-refractivity contribution in [1.82, 2.24) is 0 Å². The first-order valence-electron chi connectivity index (χ1n) is 13.5. The normalized spacial score (nSPS) is 18.6. The first-order chi connectivity index (χ1) is 16.2. The molecule has 1 aliphatic carbocycles. The number of halogens is 1. The summed E-state index contributed by atoms with van der Waals surface area (Å²) in [6.07, 6.45) is 15.2. The molecule has 0 aliphatic heterocycles. The third-order valence-electron chi connectivity index (χ3n) is 7.88. The molecule has 1 fully saturated rings. The molecule has 0 nitrogen and oxygen atoms in total. The molecule has 0 amide bonds. The van der Waals surface area contributed by atoms with Crippen LogP contribution in [-0.2, 0) is 12.8 Å². The maximum Gasteiger partial charge on any atom is 0.134 e. The average molecular weight is 445 g/mol. The number of unbranched alkanes of at least 4 members (excludes halogenated alkanes) is 2. The molecule has 1 aliphatic rings. The van der Waals surface area contributed by atoms with Gasteiger partial charge in [0, 0.05) is 5.39 Å². The fourth-order valence-electron chi connectivity index (χ4n) is 5.73. The van der Waals surface area contributed by atoms with Crippen LogP contribution in [0.4, 0.5) is 4.39 Å². The fraction of sp³-hybridized carbons (Fsp3) is 0.500. The smallest absolute Gasteiger partial charge is 0.134 e. The van der Waals surface area contributed by atoms with Gasteiger partial charge in [-0.05, 0) is 71.2 Å². The predicted molar refractivity (Wildman–Crippen MR) is 141 cm³/mol. The van der Waals surface area contributed by atoms with E-state index in [4.69, 9.17) is 0 Å². The van der Waals surface area contributed by atoms with Gasteiger partial charge in [-0.15, -0.1) is 0 Å². The summed E-state index contributed by atoms with van der Waals surface area (Å²) in [5.74, 6) is 1.88. The lowest BCUT2D eigenvalue weighted by atomic mass is 9.78. The lowest BCUT2D eigenvalue weighted by molar-refractivity contribution is 0.252. The van der Waals surface area contributed by atoms with Gasteiger partial charge in [0.1, 0.15) is 5.82 Å². The Kier molecular flexibility index (Phi) is 8.59. The second-order valence-corrected chi connectivity index (χ2v) is 10.3. The maximum atomic E-state index is 15.0. The summed E-state index contributed by atoms with van der Waals surface area (Å²) >= 11 is 0. The van der Waals surface area contributed by atoms with Crippen LogP contribution < -0.4 is 0 Å².